The van der Waals surface area contributed by atoms with Crippen LogP contribution in [-0.2, 0) is 0 Å². The Balaban J connectivity index is 2.24. The van der Waals surface area contributed by atoms with Crippen LogP contribution in [0.15, 0.2) is 47.4 Å². The highest BCUT2D eigenvalue weighted by molar-refractivity contribution is 5.79. The molecule has 0 fully saturated rings. The van der Waals surface area contributed by atoms with Gasteiger partial charge in [0.25, 0.3) is 5.69 Å². The van der Waals surface area contributed by atoms with Crippen molar-refractivity contribution in [2.24, 2.45) is 0 Å². The molecule has 0 N–H and O–H groups in total. The van der Waals surface area contributed by atoms with E-state index in [2.05, 4.69) is 9.97 Å². The van der Waals surface area contributed by atoms with Gasteiger partial charge >= 0.3 is 5.69 Å². The Bertz CT molecular complexity index is 1100. The highest BCUT2D eigenvalue weighted by Crippen LogP contribution is 2.15. The third-order valence-corrected chi connectivity index (χ3v) is 3.28. The van der Waals surface area contributed by atoms with Crippen LogP contribution in [0.2, 0.25) is 0 Å². The number of rotatable bonds is 1. The van der Waals surface area contributed by atoms with Crippen molar-refractivity contribution in [1.82, 2.24) is 18.8 Å². The van der Waals surface area contributed by atoms with E-state index in [-0.39, 0.29) is 11.5 Å². The molecule has 0 saturated carbocycles. The van der Waals surface area contributed by atoms with Gasteiger partial charge in [0.1, 0.15) is 5.65 Å². The van der Waals surface area contributed by atoms with Crippen molar-refractivity contribution < 1.29 is 4.92 Å². The predicted octanol–water partition coefficient (Wildman–Crippen LogP) is 1.40. The summed E-state index contributed by atoms with van der Waals surface area (Å²) < 4.78 is 2.49. The Kier molecular flexibility index (Phi) is 2.12. The van der Waals surface area contributed by atoms with Gasteiger partial charge < -0.3 is 0 Å². The van der Waals surface area contributed by atoms with Gasteiger partial charge in [0.2, 0.25) is 5.78 Å². The minimum absolute atomic E-state index is 0.171. The van der Waals surface area contributed by atoms with Crippen molar-refractivity contribution in [2.45, 2.75) is 0 Å². The average Bonchev–Trinajstić information content (AvgIpc) is 2.85. The maximum Gasteiger partial charge on any atom is 0.341 e. The van der Waals surface area contributed by atoms with E-state index in [4.69, 9.17) is 0 Å². The number of aromatic nitrogens is 4. The van der Waals surface area contributed by atoms with Crippen molar-refractivity contribution in [2.75, 3.05) is 0 Å². The number of nitrogens with zero attached hydrogens (tertiary/aromatic N) is 5. The Morgan fingerprint density at radius 1 is 1.10 bits per heavy atom. The van der Waals surface area contributed by atoms with E-state index < -0.39 is 10.6 Å². The standard InChI is InChI=1S/C13H7N5O3/c19-13-16-7-8(18(20)21)5-6-11(16)15-12-14-9-3-1-2-4-10(9)17(12)13/h1-7H. The highest BCUT2D eigenvalue weighted by Gasteiger charge is 2.13. The summed E-state index contributed by atoms with van der Waals surface area (Å²) in [5.74, 6) is 0.273. The summed E-state index contributed by atoms with van der Waals surface area (Å²) in [4.78, 5) is 31.4. The zero-order valence-electron chi connectivity index (χ0n) is 10.5. The normalized spacial score (nSPS) is 11.4. The molecular formula is C13H7N5O3. The molecule has 8 nitrogen and oxygen atoms in total. The lowest BCUT2D eigenvalue weighted by molar-refractivity contribution is -0.385. The van der Waals surface area contributed by atoms with Crippen LogP contribution >= 0.6 is 0 Å². The lowest BCUT2D eigenvalue weighted by Crippen LogP contribution is -2.22. The predicted molar refractivity (Wildman–Crippen MR) is 74.4 cm³/mol. The highest BCUT2D eigenvalue weighted by atomic mass is 16.6. The van der Waals surface area contributed by atoms with Crippen molar-refractivity contribution in [3.8, 4) is 0 Å². The fraction of sp³-hybridized carbons (Fsp3) is 0. The fourth-order valence-corrected chi connectivity index (χ4v) is 2.32. The molecule has 0 atom stereocenters. The largest absolute Gasteiger partial charge is 0.341 e. The Hall–Kier alpha value is -3.29. The third-order valence-electron chi connectivity index (χ3n) is 3.28. The molecule has 0 aliphatic carbocycles. The van der Waals surface area contributed by atoms with E-state index in [0.29, 0.717) is 16.7 Å². The number of fused-ring (bicyclic) bond motifs is 4. The molecule has 3 heterocycles. The van der Waals surface area contributed by atoms with E-state index in [9.17, 15) is 14.9 Å². The molecule has 0 radical (unpaired) electrons. The van der Waals surface area contributed by atoms with E-state index in [1.807, 2.05) is 6.07 Å². The molecule has 0 bridgehead atoms. The molecule has 3 aromatic heterocycles. The maximum atomic E-state index is 12.6. The zero-order valence-corrected chi connectivity index (χ0v) is 10.5. The average molecular weight is 281 g/mol. The van der Waals surface area contributed by atoms with Gasteiger partial charge in [-0.25, -0.2) is 18.6 Å². The van der Waals surface area contributed by atoms with Crippen molar-refractivity contribution in [3.63, 3.8) is 0 Å². The second kappa shape index (κ2) is 3.85. The van der Waals surface area contributed by atoms with Crippen LogP contribution in [0, 0.1) is 10.1 Å². The van der Waals surface area contributed by atoms with Gasteiger partial charge in [-0.3, -0.25) is 10.1 Å². The molecule has 8 heteroatoms. The summed E-state index contributed by atoms with van der Waals surface area (Å²) in [6.45, 7) is 0. The van der Waals surface area contributed by atoms with Crippen LogP contribution in [0.5, 0.6) is 0 Å². The SMILES string of the molecule is O=c1n2cc([N+](=O)[O-])ccc2nc2nc3ccccc3n12. The molecule has 21 heavy (non-hydrogen) atoms. The Labute approximate surface area is 116 Å². The van der Waals surface area contributed by atoms with E-state index in [1.54, 1.807) is 18.2 Å². The van der Waals surface area contributed by atoms with Gasteiger partial charge in [-0.05, 0) is 18.2 Å². The molecule has 0 saturated heterocycles. The van der Waals surface area contributed by atoms with Crippen LogP contribution in [-0.4, -0.2) is 23.7 Å². The van der Waals surface area contributed by atoms with Crippen LogP contribution in [0.1, 0.15) is 0 Å². The summed E-state index contributed by atoms with van der Waals surface area (Å²) in [7, 11) is 0. The molecular weight excluding hydrogens is 274 g/mol. The van der Waals surface area contributed by atoms with Gasteiger partial charge in [-0.2, -0.15) is 4.98 Å². The van der Waals surface area contributed by atoms with E-state index in [1.165, 1.54) is 22.7 Å². The summed E-state index contributed by atoms with van der Waals surface area (Å²) in [5, 5.41) is 10.8. The van der Waals surface area contributed by atoms with Gasteiger partial charge in [-0.15, -0.1) is 0 Å². The van der Waals surface area contributed by atoms with Crippen LogP contribution < -0.4 is 5.69 Å². The number of pyridine rings is 1. The number of benzene rings is 1. The summed E-state index contributed by atoms with van der Waals surface area (Å²) in [6.07, 6.45) is 1.17. The molecule has 0 amide bonds. The van der Waals surface area contributed by atoms with Crippen molar-refractivity contribution in [1.29, 1.82) is 0 Å². The maximum absolute atomic E-state index is 12.6. The molecule has 1 aromatic carbocycles. The first-order valence-electron chi connectivity index (χ1n) is 6.09. The quantitative estimate of drug-likeness (QED) is 0.388. The number of hydrogen-bond acceptors (Lipinski definition) is 5. The third kappa shape index (κ3) is 1.52. The molecule has 0 spiro atoms. The summed E-state index contributed by atoms with van der Waals surface area (Å²) >= 11 is 0. The number of hydrogen-bond donors (Lipinski definition) is 0. The van der Waals surface area contributed by atoms with Crippen LogP contribution in [0.25, 0.3) is 22.5 Å². The number of imidazole rings is 1. The van der Waals surface area contributed by atoms with Crippen LogP contribution in [0.3, 0.4) is 0 Å². The lowest BCUT2D eigenvalue weighted by atomic mass is 10.3. The molecule has 4 rings (SSSR count). The number of nitro groups is 1. The smallest absolute Gasteiger partial charge is 0.258 e. The van der Waals surface area contributed by atoms with Gasteiger partial charge in [0, 0.05) is 6.07 Å². The fourth-order valence-electron chi connectivity index (χ4n) is 2.32. The zero-order chi connectivity index (χ0) is 14.6. The molecule has 0 aliphatic heterocycles. The minimum atomic E-state index is -0.553. The van der Waals surface area contributed by atoms with E-state index >= 15 is 0 Å². The first-order valence-corrected chi connectivity index (χ1v) is 6.09. The Morgan fingerprint density at radius 2 is 1.90 bits per heavy atom. The molecule has 4 aromatic rings. The van der Waals surface area contributed by atoms with Gasteiger partial charge in [0.05, 0.1) is 22.2 Å². The minimum Gasteiger partial charge on any atom is -0.258 e. The first-order chi connectivity index (χ1) is 10.1. The van der Waals surface area contributed by atoms with E-state index in [0.717, 1.165) is 4.40 Å². The summed E-state index contributed by atoms with van der Waals surface area (Å²) in [5.41, 5.74) is 0.967. The lowest BCUT2D eigenvalue weighted by Gasteiger charge is -2.01. The van der Waals surface area contributed by atoms with Gasteiger partial charge in [0.15, 0.2) is 0 Å². The number of para-hydroxylation sites is 2. The van der Waals surface area contributed by atoms with Crippen LogP contribution in [0.4, 0.5) is 5.69 Å². The Morgan fingerprint density at radius 3 is 2.71 bits per heavy atom. The monoisotopic (exact) mass is 281 g/mol. The second-order valence-electron chi connectivity index (χ2n) is 4.50. The topological polar surface area (TPSA) is 94.8 Å². The first kappa shape index (κ1) is 11.5. The van der Waals surface area contributed by atoms with Gasteiger partial charge in [-0.1, -0.05) is 12.1 Å². The molecule has 102 valence electrons. The summed E-state index contributed by atoms with van der Waals surface area (Å²) in [6, 6.07) is 9.87. The second-order valence-corrected chi connectivity index (χ2v) is 4.50. The van der Waals surface area contributed by atoms with Crippen molar-refractivity contribution in [3.05, 3.63) is 63.2 Å². The van der Waals surface area contributed by atoms with Crippen molar-refractivity contribution >= 4 is 28.1 Å². The molecule has 0 unspecified atom stereocenters. The molecule has 0 aliphatic rings.